The molecule has 2 atom stereocenters. The molecule has 0 spiro atoms. The van der Waals surface area contributed by atoms with Crippen LogP contribution in [0.2, 0.25) is 0 Å². The van der Waals surface area contributed by atoms with Crippen molar-refractivity contribution in [3.63, 3.8) is 0 Å². The monoisotopic (exact) mass is 294 g/mol. The van der Waals surface area contributed by atoms with Crippen LogP contribution >= 0.6 is 0 Å². The number of likely N-dealkylation sites (N-methyl/N-ethyl adjacent to an activating group) is 1. The van der Waals surface area contributed by atoms with Crippen LogP contribution in [0, 0.1) is 12.8 Å². The van der Waals surface area contributed by atoms with Gasteiger partial charge in [0.25, 0.3) is 0 Å². The van der Waals surface area contributed by atoms with E-state index in [1.165, 1.54) is 6.42 Å². The third-order valence-corrected chi connectivity index (χ3v) is 3.86. The molecule has 0 amide bonds. The lowest BCUT2D eigenvalue weighted by atomic mass is 10.1. The van der Waals surface area contributed by atoms with Gasteiger partial charge in [0.2, 0.25) is 0 Å². The number of rotatable bonds is 8. The van der Waals surface area contributed by atoms with Crippen LogP contribution in [0.5, 0.6) is 0 Å². The maximum atomic E-state index is 6.12. The lowest BCUT2D eigenvalue weighted by Crippen LogP contribution is -2.32. The Hall–Kier alpha value is -0.840. The van der Waals surface area contributed by atoms with Gasteiger partial charge in [0.1, 0.15) is 11.5 Å². The van der Waals surface area contributed by atoms with Crippen LogP contribution in [0.3, 0.4) is 0 Å². The van der Waals surface area contributed by atoms with Gasteiger partial charge in [-0.1, -0.05) is 13.8 Å². The average Bonchev–Trinajstić information content (AvgIpc) is 2.98. The van der Waals surface area contributed by atoms with Gasteiger partial charge in [-0.25, -0.2) is 0 Å². The highest BCUT2D eigenvalue weighted by molar-refractivity contribution is 5.05. The van der Waals surface area contributed by atoms with Gasteiger partial charge >= 0.3 is 0 Å². The van der Waals surface area contributed by atoms with E-state index < -0.39 is 0 Å². The molecule has 2 unspecified atom stereocenters. The summed E-state index contributed by atoms with van der Waals surface area (Å²) in [5.74, 6) is 2.71. The number of hydrogen-bond acceptors (Lipinski definition) is 4. The van der Waals surface area contributed by atoms with Gasteiger partial charge in [-0.15, -0.1) is 0 Å². The summed E-state index contributed by atoms with van der Waals surface area (Å²) in [5, 5.41) is 3.49. The first-order valence-electron chi connectivity index (χ1n) is 8.13. The SMILES string of the molecule is Cc1ccc(CN(C)CC2CCC(CNCC(C)C)O2)o1. The summed E-state index contributed by atoms with van der Waals surface area (Å²) in [6, 6.07) is 4.08. The summed E-state index contributed by atoms with van der Waals surface area (Å²) in [4.78, 5) is 2.28. The highest BCUT2D eigenvalue weighted by atomic mass is 16.5. The van der Waals surface area contributed by atoms with E-state index in [1.807, 2.05) is 13.0 Å². The average molecular weight is 294 g/mol. The van der Waals surface area contributed by atoms with Gasteiger partial charge in [-0.2, -0.15) is 0 Å². The molecule has 2 heterocycles. The number of nitrogens with zero attached hydrogens (tertiary/aromatic N) is 1. The number of ether oxygens (including phenoxy) is 1. The molecule has 1 aliphatic heterocycles. The van der Waals surface area contributed by atoms with E-state index in [2.05, 4.69) is 37.2 Å². The maximum absolute atomic E-state index is 6.12. The topological polar surface area (TPSA) is 37.6 Å². The van der Waals surface area contributed by atoms with Crippen molar-refractivity contribution in [1.29, 1.82) is 0 Å². The van der Waals surface area contributed by atoms with Crippen LogP contribution in [0.1, 0.15) is 38.2 Å². The van der Waals surface area contributed by atoms with E-state index in [9.17, 15) is 0 Å². The molecule has 21 heavy (non-hydrogen) atoms. The molecule has 1 aromatic heterocycles. The molecule has 0 radical (unpaired) electrons. The number of hydrogen-bond donors (Lipinski definition) is 1. The molecule has 1 N–H and O–H groups in total. The van der Waals surface area contributed by atoms with Crippen molar-refractivity contribution in [3.8, 4) is 0 Å². The fraction of sp³-hybridized carbons (Fsp3) is 0.765. The Morgan fingerprint density at radius 2 is 2.05 bits per heavy atom. The molecule has 1 aliphatic rings. The first kappa shape index (κ1) is 16.5. The molecule has 4 nitrogen and oxygen atoms in total. The molecule has 0 aromatic carbocycles. The Kier molecular flexibility index (Phi) is 6.27. The third kappa shape index (κ3) is 5.81. The van der Waals surface area contributed by atoms with E-state index in [1.54, 1.807) is 0 Å². The Morgan fingerprint density at radius 1 is 1.29 bits per heavy atom. The second-order valence-corrected chi connectivity index (χ2v) is 6.72. The van der Waals surface area contributed by atoms with Crippen molar-refractivity contribution in [2.45, 2.75) is 52.4 Å². The molecule has 0 saturated carbocycles. The summed E-state index contributed by atoms with van der Waals surface area (Å²) < 4.78 is 11.7. The minimum Gasteiger partial charge on any atom is -0.465 e. The lowest BCUT2D eigenvalue weighted by molar-refractivity contribution is 0.0256. The summed E-state index contributed by atoms with van der Waals surface area (Å²) >= 11 is 0. The summed E-state index contributed by atoms with van der Waals surface area (Å²) in [7, 11) is 2.13. The molecule has 2 rings (SSSR count). The van der Waals surface area contributed by atoms with Crippen molar-refractivity contribution in [3.05, 3.63) is 23.7 Å². The van der Waals surface area contributed by atoms with Gasteiger partial charge in [-0.3, -0.25) is 4.90 Å². The second kappa shape index (κ2) is 7.97. The fourth-order valence-electron chi connectivity index (χ4n) is 2.85. The highest BCUT2D eigenvalue weighted by Gasteiger charge is 2.26. The molecule has 0 bridgehead atoms. The summed E-state index contributed by atoms with van der Waals surface area (Å²) in [6.45, 7) is 10.3. The summed E-state index contributed by atoms with van der Waals surface area (Å²) in [6.07, 6.45) is 3.07. The largest absolute Gasteiger partial charge is 0.465 e. The van der Waals surface area contributed by atoms with E-state index in [0.717, 1.165) is 44.1 Å². The van der Waals surface area contributed by atoms with Gasteiger partial charge in [0.15, 0.2) is 0 Å². The standard InChI is InChI=1S/C17H30N2O2/c1-13(2)9-18-10-15-7-8-17(21-15)12-19(4)11-16-6-5-14(3)20-16/h5-6,13,15,17-18H,7-12H2,1-4H3. The normalized spacial score (nSPS) is 22.6. The molecular formula is C17H30N2O2. The summed E-state index contributed by atoms with van der Waals surface area (Å²) in [5.41, 5.74) is 0. The van der Waals surface area contributed by atoms with Crippen molar-refractivity contribution >= 4 is 0 Å². The van der Waals surface area contributed by atoms with Crippen molar-refractivity contribution < 1.29 is 9.15 Å². The van der Waals surface area contributed by atoms with Crippen molar-refractivity contribution in [1.82, 2.24) is 10.2 Å². The Labute approximate surface area is 128 Å². The number of furan rings is 1. The molecule has 1 saturated heterocycles. The van der Waals surface area contributed by atoms with E-state index in [-0.39, 0.29) is 0 Å². The predicted molar refractivity (Wildman–Crippen MR) is 85.4 cm³/mol. The maximum Gasteiger partial charge on any atom is 0.118 e. The van der Waals surface area contributed by atoms with Crippen molar-refractivity contribution in [2.75, 3.05) is 26.7 Å². The van der Waals surface area contributed by atoms with Crippen molar-refractivity contribution in [2.24, 2.45) is 5.92 Å². The van der Waals surface area contributed by atoms with Gasteiger partial charge in [-0.05, 0) is 51.4 Å². The minimum absolute atomic E-state index is 0.358. The van der Waals surface area contributed by atoms with Crippen LogP contribution in [-0.4, -0.2) is 43.8 Å². The smallest absolute Gasteiger partial charge is 0.118 e. The Balaban J connectivity index is 1.65. The molecular weight excluding hydrogens is 264 g/mol. The molecule has 1 fully saturated rings. The molecule has 120 valence electrons. The first-order chi connectivity index (χ1) is 10.0. The second-order valence-electron chi connectivity index (χ2n) is 6.72. The van der Waals surface area contributed by atoms with Gasteiger partial charge < -0.3 is 14.5 Å². The van der Waals surface area contributed by atoms with Crippen LogP contribution in [0.15, 0.2) is 16.5 Å². The Morgan fingerprint density at radius 3 is 2.71 bits per heavy atom. The van der Waals surface area contributed by atoms with E-state index in [0.29, 0.717) is 18.1 Å². The van der Waals surface area contributed by atoms with E-state index >= 15 is 0 Å². The molecule has 1 aromatic rings. The van der Waals surface area contributed by atoms with Crippen LogP contribution in [-0.2, 0) is 11.3 Å². The quantitative estimate of drug-likeness (QED) is 0.800. The van der Waals surface area contributed by atoms with Crippen LogP contribution in [0.25, 0.3) is 0 Å². The zero-order chi connectivity index (χ0) is 15.2. The zero-order valence-electron chi connectivity index (χ0n) is 13.9. The first-order valence-corrected chi connectivity index (χ1v) is 8.13. The predicted octanol–water partition coefficient (Wildman–Crippen LogP) is 2.81. The third-order valence-electron chi connectivity index (χ3n) is 3.86. The minimum atomic E-state index is 0.358. The lowest BCUT2D eigenvalue weighted by Gasteiger charge is -2.21. The van der Waals surface area contributed by atoms with Crippen LogP contribution in [0.4, 0.5) is 0 Å². The fourth-order valence-corrected chi connectivity index (χ4v) is 2.85. The Bertz CT molecular complexity index is 417. The zero-order valence-corrected chi connectivity index (χ0v) is 13.9. The van der Waals surface area contributed by atoms with Gasteiger partial charge in [0.05, 0.1) is 18.8 Å². The number of aryl methyl sites for hydroxylation is 1. The van der Waals surface area contributed by atoms with E-state index in [4.69, 9.17) is 9.15 Å². The van der Waals surface area contributed by atoms with Gasteiger partial charge in [0, 0.05) is 13.1 Å². The number of nitrogens with one attached hydrogen (secondary N) is 1. The highest BCUT2D eigenvalue weighted by Crippen LogP contribution is 2.20. The molecule has 0 aliphatic carbocycles. The van der Waals surface area contributed by atoms with Crippen LogP contribution < -0.4 is 5.32 Å². The molecule has 4 heteroatoms.